The molecule has 0 spiro atoms. The van der Waals surface area contributed by atoms with Crippen LogP contribution < -0.4 is 5.73 Å². The molecule has 1 nitrogen and oxygen atoms in total. The summed E-state index contributed by atoms with van der Waals surface area (Å²) in [7, 11) is 0. The second kappa shape index (κ2) is 5.83. The molecule has 1 heterocycles. The Bertz CT molecular complexity index is 310. The smallest absolute Gasteiger partial charge is 0.0334 e. The fourth-order valence-corrected chi connectivity index (χ4v) is 3.60. The lowest BCUT2D eigenvalue weighted by molar-refractivity contribution is 0.327. The molecule has 2 N–H and O–H groups in total. The van der Waals surface area contributed by atoms with Gasteiger partial charge in [0, 0.05) is 10.9 Å². The molecule has 0 aliphatic heterocycles. The lowest BCUT2D eigenvalue weighted by Gasteiger charge is -2.26. The summed E-state index contributed by atoms with van der Waals surface area (Å²) in [4.78, 5) is 1.41. The summed E-state index contributed by atoms with van der Waals surface area (Å²) in [6, 6.07) is 2.51. The van der Waals surface area contributed by atoms with Crippen molar-refractivity contribution < 1.29 is 0 Å². The van der Waals surface area contributed by atoms with E-state index in [0.29, 0.717) is 5.92 Å². The fraction of sp³-hybridized carbons (Fsp3) is 0.714. The van der Waals surface area contributed by atoms with E-state index in [0.717, 1.165) is 0 Å². The number of hydrogen-bond acceptors (Lipinski definition) is 2. The number of nitrogens with two attached hydrogens (primary N) is 1. The van der Waals surface area contributed by atoms with Crippen LogP contribution in [-0.2, 0) is 0 Å². The first-order valence-corrected chi connectivity index (χ1v) is 7.46. The molecule has 1 fully saturated rings. The molecule has 1 saturated carbocycles. The molecule has 2 heteroatoms. The van der Waals surface area contributed by atoms with E-state index in [1.54, 1.807) is 0 Å². The van der Waals surface area contributed by atoms with Crippen LogP contribution in [-0.4, -0.2) is 0 Å². The molecule has 1 unspecified atom stereocenters. The standard InChI is InChI=1S/C14H23NS/c1-11-13(9-10-16-11)14(15)12-7-5-3-2-4-6-8-12/h9-10,12,14H,2-8,15H2,1H3. The third kappa shape index (κ3) is 2.86. The van der Waals surface area contributed by atoms with Gasteiger partial charge in [-0.2, -0.15) is 0 Å². The summed E-state index contributed by atoms with van der Waals surface area (Å²) in [5.74, 6) is 0.716. The van der Waals surface area contributed by atoms with Gasteiger partial charge in [0.2, 0.25) is 0 Å². The van der Waals surface area contributed by atoms with E-state index in [1.165, 1.54) is 55.4 Å². The minimum Gasteiger partial charge on any atom is -0.324 e. The van der Waals surface area contributed by atoms with Gasteiger partial charge < -0.3 is 5.73 Å². The largest absolute Gasteiger partial charge is 0.324 e. The summed E-state index contributed by atoms with van der Waals surface area (Å²) in [6.45, 7) is 2.20. The molecule has 0 amide bonds. The third-order valence-corrected chi connectivity index (χ3v) is 4.78. The maximum Gasteiger partial charge on any atom is 0.0334 e. The fourth-order valence-electron chi connectivity index (χ4n) is 2.84. The molecule has 1 aromatic rings. The zero-order chi connectivity index (χ0) is 11.4. The molecule has 90 valence electrons. The van der Waals surface area contributed by atoms with Crippen molar-refractivity contribution >= 4 is 11.3 Å². The van der Waals surface area contributed by atoms with E-state index < -0.39 is 0 Å². The highest BCUT2D eigenvalue weighted by Crippen LogP contribution is 2.33. The highest BCUT2D eigenvalue weighted by Gasteiger charge is 2.21. The summed E-state index contributed by atoms with van der Waals surface area (Å²) in [6.07, 6.45) is 9.66. The van der Waals surface area contributed by atoms with Gasteiger partial charge in [0.15, 0.2) is 0 Å². The topological polar surface area (TPSA) is 26.0 Å². The molecule has 1 aromatic heterocycles. The summed E-state index contributed by atoms with van der Waals surface area (Å²) >= 11 is 1.83. The number of rotatable bonds is 2. The van der Waals surface area contributed by atoms with E-state index in [1.807, 2.05) is 11.3 Å². The van der Waals surface area contributed by atoms with Gasteiger partial charge in [0.1, 0.15) is 0 Å². The van der Waals surface area contributed by atoms with Crippen molar-refractivity contribution in [1.82, 2.24) is 0 Å². The minimum absolute atomic E-state index is 0.282. The van der Waals surface area contributed by atoms with Crippen LogP contribution in [0.4, 0.5) is 0 Å². The highest BCUT2D eigenvalue weighted by atomic mass is 32.1. The Morgan fingerprint density at radius 1 is 1.19 bits per heavy atom. The van der Waals surface area contributed by atoms with Gasteiger partial charge >= 0.3 is 0 Å². The molecule has 0 aromatic carbocycles. The summed E-state index contributed by atoms with van der Waals surface area (Å²) < 4.78 is 0. The van der Waals surface area contributed by atoms with Crippen LogP contribution in [0.1, 0.15) is 61.4 Å². The van der Waals surface area contributed by atoms with E-state index in [9.17, 15) is 0 Å². The van der Waals surface area contributed by atoms with E-state index in [-0.39, 0.29) is 6.04 Å². The van der Waals surface area contributed by atoms with Crippen molar-refractivity contribution in [3.8, 4) is 0 Å². The number of hydrogen-bond donors (Lipinski definition) is 1. The molecule has 0 bridgehead atoms. The molecular formula is C14H23NS. The zero-order valence-corrected chi connectivity index (χ0v) is 11.1. The van der Waals surface area contributed by atoms with Crippen molar-refractivity contribution in [2.45, 2.75) is 57.9 Å². The van der Waals surface area contributed by atoms with Gasteiger partial charge in [-0.3, -0.25) is 0 Å². The molecule has 0 saturated heterocycles. The molecule has 2 rings (SSSR count). The van der Waals surface area contributed by atoms with Gasteiger partial charge in [-0.05, 0) is 42.7 Å². The van der Waals surface area contributed by atoms with Crippen LogP contribution >= 0.6 is 11.3 Å². The first-order valence-electron chi connectivity index (χ1n) is 6.58. The second-order valence-electron chi connectivity index (χ2n) is 5.06. The maximum atomic E-state index is 6.44. The first kappa shape index (κ1) is 12.1. The Labute approximate surface area is 103 Å². The zero-order valence-electron chi connectivity index (χ0n) is 10.2. The Morgan fingerprint density at radius 3 is 2.38 bits per heavy atom. The summed E-state index contributed by atoms with van der Waals surface area (Å²) in [5.41, 5.74) is 7.84. The van der Waals surface area contributed by atoms with Crippen LogP contribution in [0.5, 0.6) is 0 Å². The Balaban J connectivity index is 2.02. The molecule has 1 aliphatic rings. The predicted octanol–water partition coefficient (Wildman–Crippen LogP) is 4.42. The van der Waals surface area contributed by atoms with Crippen molar-refractivity contribution in [3.63, 3.8) is 0 Å². The van der Waals surface area contributed by atoms with Gasteiger partial charge in [-0.1, -0.05) is 32.1 Å². The van der Waals surface area contributed by atoms with Gasteiger partial charge in [0.05, 0.1) is 0 Å². The quantitative estimate of drug-likeness (QED) is 0.809. The van der Waals surface area contributed by atoms with Crippen molar-refractivity contribution in [1.29, 1.82) is 0 Å². The van der Waals surface area contributed by atoms with Gasteiger partial charge in [0.25, 0.3) is 0 Å². The van der Waals surface area contributed by atoms with Crippen molar-refractivity contribution in [2.24, 2.45) is 11.7 Å². The van der Waals surface area contributed by atoms with Crippen LogP contribution in [0, 0.1) is 12.8 Å². The Hall–Kier alpha value is -0.340. The maximum absolute atomic E-state index is 6.44. The summed E-state index contributed by atoms with van der Waals surface area (Å²) in [5, 5.41) is 2.17. The molecule has 1 atom stereocenters. The molecule has 16 heavy (non-hydrogen) atoms. The molecular weight excluding hydrogens is 214 g/mol. The lowest BCUT2D eigenvalue weighted by Crippen LogP contribution is -2.22. The Morgan fingerprint density at radius 2 is 1.81 bits per heavy atom. The molecule has 1 aliphatic carbocycles. The SMILES string of the molecule is Cc1sccc1C(N)C1CCCCCCC1. The van der Waals surface area contributed by atoms with Crippen LogP contribution in [0.25, 0.3) is 0 Å². The average molecular weight is 237 g/mol. The van der Waals surface area contributed by atoms with E-state index in [4.69, 9.17) is 5.73 Å². The first-order chi connectivity index (χ1) is 7.79. The van der Waals surface area contributed by atoms with Gasteiger partial charge in [-0.15, -0.1) is 11.3 Å². The monoisotopic (exact) mass is 237 g/mol. The van der Waals surface area contributed by atoms with E-state index in [2.05, 4.69) is 18.4 Å². The number of aryl methyl sites for hydroxylation is 1. The van der Waals surface area contributed by atoms with Gasteiger partial charge in [-0.25, -0.2) is 0 Å². The average Bonchev–Trinajstić information content (AvgIpc) is 2.63. The van der Waals surface area contributed by atoms with Crippen molar-refractivity contribution in [3.05, 3.63) is 21.9 Å². The predicted molar refractivity (Wildman–Crippen MR) is 71.8 cm³/mol. The third-order valence-electron chi connectivity index (χ3n) is 3.92. The van der Waals surface area contributed by atoms with Crippen LogP contribution in [0.2, 0.25) is 0 Å². The second-order valence-corrected chi connectivity index (χ2v) is 6.18. The van der Waals surface area contributed by atoms with Crippen LogP contribution in [0.15, 0.2) is 11.4 Å². The van der Waals surface area contributed by atoms with E-state index >= 15 is 0 Å². The highest BCUT2D eigenvalue weighted by molar-refractivity contribution is 7.10. The number of thiophene rings is 1. The normalized spacial score (nSPS) is 21.4. The van der Waals surface area contributed by atoms with Crippen LogP contribution in [0.3, 0.4) is 0 Å². The molecule has 0 radical (unpaired) electrons. The van der Waals surface area contributed by atoms with Crippen molar-refractivity contribution in [2.75, 3.05) is 0 Å². The minimum atomic E-state index is 0.282. The Kier molecular flexibility index (Phi) is 4.42. The lowest BCUT2D eigenvalue weighted by atomic mass is 9.83.